The van der Waals surface area contributed by atoms with E-state index in [0.717, 1.165) is 19.4 Å². The first-order valence-electron chi connectivity index (χ1n) is 6.27. The number of nitrogens with zero attached hydrogens (tertiary/aromatic N) is 3. The molecule has 1 aromatic heterocycles. The van der Waals surface area contributed by atoms with E-state index < -0.39 is 4.92 Å². The van der Waals surface area contributed by atoms with E-state index in [1.54, 1.807) is 0 Å². The van der Waals surface area contributed by atoms with Crippen LogP contribution < -0.4 is 11.1 Å². The van der Waals surface area contributed by atoms with Crippen molar-refractivity contribution in [3.63, 3.8) is 0 Å². The van der Waals surface area contributed by atoms with Crippen molar-refractivity contribution in [3.8, 4) is 0 Å². The SMILES string of the molecule is NC1C2CCCOC2C1Nc1ncc([N+](=O)[O-])cn1. The predicted octanol–water partition coefficient (Wildman–Crippen LogP) is 0.301. The first-order valence-corrected chi connectivity index (χ1v) is 6.27. The molecular formula is C11H15N5O3. The summed E-state index contributed by atoms with van der Waals surface area (Å²) in [6.07, 6.45) is 4.60. The van der Waals surface area contributed by atoms with Gasteiger partial charge in [0.1, 0.15) is 12.4 Å². The first kappa shape index (κ1) is 12.2. The molecule has 3 N–H and O–H groups in total. The molecule has 2 fully saturated rings. The van der Waals surface area contributed by atoms with Crippen LogP contribution in [0, 0.1) is 16.0 Å². The highest BCUT2D eigenvalue weighted by Crippen LogP contribution is 2.38. The quantitative estimate of drug-likeness (QED) is 0.596. The Morgan fingerprint density at radius 2 is 2.21 bits per heavy atom. The van der Waals surface area contributed by atoms with Crippen LogP contribution in [0.5, 0.6) is 0 Å². The molecule has 0 bridgehead atoms. The number of nitrogens with two attached hydrogens (primary N) is 1. The summed E-state index contributed by atoms with van der Waals surface area (Å²) < 4.78 is 5.69. The minimum absolute atomic E-state index is 0.0177. The molecule has 0 spiro atoms. The molecule has 3 rings (SSSR count). The molecule has 8 heteroatoms. The second-order valence-electron chi connectivity index (χ2n) is 4.91. The molecule has 4 atom stereocenters. The zero-order chi connectivity index (χ0) is 13.4. The number of aromatic nitrogens is 2. The topological polar surface area (TPSA) is 116 Å². The van der Waals surface area contributed by atoms with Gasteiger partial charge in [0.2, 0.25) is 5.95 Å². The Labute approximate surface area is 109 Å². The largest absolute Gasteiger partial charge is 0.376 e. The number of nitro groups is 1. The summed E-state index contributed by atoms with van der Waals surface area (Å²) in [7, 11) is 0. The number of hydrogen-bond donors (Lipinski definition) is 2. The second kappa shape index (κ2) is 4.71. The van der Waals surface area contributed by atoms with Crippen LogP contribution >= 0.6 is 0 Å². The molecule has 102 valence electrons. The Bertz CT molecular complexity index is 480. The summed E-state index contributed by atoms with van der Waals surface area (Å²) in [4.78, 5) is 17.8. The highest BCUT2D eigenvalue weighted by molar-refractivity contribution is 5.34. The maximum absolute atomic E-state index is 10.5. The van der Waals surface area contributed by atoms with Crippen molar-refractivity contribution in [1.82, 2.24) is 9.97 Å². The van der Waals surface area contributed by atoms with Gasteiger partial charge in [0, 0.05) is 18.6 Å². The van der Waals surface area contributed by atoms with Crippen LogP contribution in [0.3, 0.4) is 0 Å². The molecule has 2 aliphatic rings. The van der Waals surface area contributed by atoms with E-state index in [-0.39, 0.29) is 23.9 Å². The summed E-state index contributed by atoms with van der Waals surface area (Å²) in [5.74, 6) is 0.739. The lowest BCUT2D eigenvalue weighted by Crippen LogP contribution is -2.69. The third kappa shape index (κ3) is 2.13. The Hall–Kier alpha value is -1.80. The lowest BCUT2D eigenvalue weighted by molar-refractivity contribution is -0.385. The smallest absolute Gasteiger partial charge is 0.305 e. The van der Waals surface area contributed by atoms with E-state index in [2.05, 4.69) is 15.3 Å². The number of hydrogen-bond acceptors (Lipinski definition) is 7. The minimum Gasteiger partial charge on any atom is -0.376 e. The molecule has 19 heavy (non-hydrogen) atoms. The third-order valence-corrected chi connectivity index (χ3v) is 3.82. The van der Waals surface area contributed by atoms with Gasteiger partial charge in [-0.1, -0.05) is 0 Å². The van der Waals surface area contributed by atoms with Crippen molar-refractivity contribution in [3.05, 3.63) is 22.5 Å². The molecule has 1 aliphatic carbocycles. The molecule has 1 aromatic rings. The van der Waals surface area contributed by atoms with Gasteiger partial charge in [-0.3, -0.25) is 10.1 Å². The molecule has 0 radical (unpaired) electrons. The highest BCUT2D eigenvalue weighted by atomic mass is 16.6. The zero-order valence-corrected chi connectivity index (χ0v) is 10.2. The van der Waals surface area contributed by atoms with Crippen LogP contribution in [0.15, 0.2) is 12.4 Å². The zero-order valence-electron chi connectivity index (χ0n) is 10.2. The lowest BCUT2D eigenvalue weighted by Gasteiger charge is -2.52. The average molecular weight is 265 g/mol. The van der Waals surface area contributed by atoms with Crippen LogP contribution in [0.25, 0.3) is 0 Å². The van der Waals surface area contributed by atoms with Crippen LogP contribution in [0.2, 0.25) is 0 Å². The van der Waals surface area contributed by atoms with E-state index in [1.165, 1.54) is 12.4 Å². The Morgan fingerprint density at radius 3 is 2.89 bits per heavy atom. The number of fused-ring (bicyclic) bond motifs is 1. The van der Waals surface area contributed by atoms with Gasteiger partial charge in [-0.25, -0.2) is 9.97 Å². The van der Waals surface area contributed by atoms with Crippen molar-refractivity contribution in [2.24, 2.45) is 11.7 Å². The maximum Gasteiger partial charge on any atom is 0.305 e. The second-order valence-corrected chi connectivity index (χ2v) is 4.91. The van der Waals surface area contributed by atoms with Crippen molar-refractivity contribution in [2.45, 2.75) is 31.0 Å². The van der Waals surface area contributed by atoms with Crippen molar-refractivity contribution < 1.29 is 9.66 Å². The van der Waals surface area contributed by atoms with Crippen LogP contribution in [-0.4, -0.2) is 39.7 Å². The standard InChI is InChI=1S/C11H15N5O3/c12-8-7-2-1-3-19-10(7)9(8)15-11-13-4-6(5-14-11)16(17)18/h4-5,7-10H,1-3,12H2,(H,13,14,15). The highest BCUT2D eigenvalue weighted by Gasteiger charge is 2.50. The van der Waals surface area contributed by atoms with Gasteiger partial charge in [0.15, 0.2) is 0 Å². The van der Waals surface area contributed by atoms with Gasteiger partial charge in [-0.15, -0.1) is 0 Å². The molecule has 8 nitrogen and oxygen atoms in total. The summed E-state index contributed by atoms with van der Waals surface area (Å²) >= 11 is 0. The van der Waals surface area contributed by atoms with E-state index in [1.807, 2.05) is 0 Å². The van der Waals surface area contributed by atoms with Crippen LogP contribution in [0.4, 0.5) is 11.6 Å². The Balaban J connectivity index is 1.66. The number of anilines is 1. The molecular weight excluding hydrogens is 250 g/mol. The number of ether oxygens (including phenoxy) is 1. The summed E-state index contributed by atoms with van der Waals surface area (Å²) in [6, 6.07) is -0.00384. The fourth-order valence-electron chi connectivity index (χ4n) is 2.77. The van der Waals surface area contributed by atoms with E-state index in [0.29, 0.717) is 11.9 Å². The monoisotopic (exact) mass is 265 g/mol. The van der Waals surface area contributed by atoms with Gasteiger partial charge in [0.05, 0.1) is 17.1 Å². The predicted molar refractivity (Wildman–Crippen MR) is 66.5 cm³/mol. The normalized spacial score (nSPS) is 33.1. The molecule has 0 amide bonds. The van der Waals surface area contributed by atoms with Crippen LogP contribution in [-0.2, 0) is 4.74 Å². The molecule has 1 saturated heterocycles. The first-order chi connectivity index (χ1) is 9.16. The van der Waals surface area contributed by atoms with Crippen LogP contribution in [0.1, 0.15) is 12.8 Å². The summed E-state index contributed by atoms with van der Waals surface area (Å²) in [5, 5.41) is 13.6. The Kier molecular flexibility index (Phi) is 3.03. The fraction of sp³-hybridized carbons (Fsp3) is 0.636. The third-order valence-electron chi connectivity index (χ3n) is 3.82. The molecule has 0 aromatic carbocycles. The van der Waals surface area contributed by atoms with Crippen molar-refractivity contribution in [2.75, 3.05) is 11.9 Å². The van der Waals surface area contributed by atoms with E-state index in [4.69, 9.17) is 10.5 Å². The lowest BCUT2D eigenvalue weighted by atomic mass is 9.69. The van der Waals surface area contributed by atoms with Crippen molar-refractivity contribution in [1.29, 1.82) is 0 Å². The number of nitrogens with one attached hydrogen (secondary N) is 1. The Morgan fingerprint density at radius 1 is 1.47 bits per heavy atom. The molecule has 4 unspecified atom stereocenters. The van der Waals surface area contributed by atoms with Gasteiger partial charge in [-0.05, 0) is 12.8 Å². The van der Waals surface area contributed by atoms with E-state index >= 15 is 0 Å². The minimum atomic E-state index is -0.529. The number of rotatable bonds is 3. The summed E-state index contributed by atoms with van der Waals surface area (Å²) in [5.41, 5.74) is 5.97. The fourth-order valence-corrected chi connectivity index (χ4v) is 2.77. The van der Waals surface area contributed by atoms with Gasteiger partial charge < -0.3 is 15.8 Å². The van der Waals surface area contributed by atoms with Gasteiger partial charge >= 0.3 is 5.69 Å². The van der Waals surface area contributed by atoms with Gasteiger partial charge in [0.25, 0.3) is 0 Å². The van der Waals surface area contributed by atoms with Crippen molar-refractivity contribution >= 4 is 11.6 Å². The van der Waals surface area contributed by atoms with Gasteiger partial charge in [-0.2, -0.15) is 0 Å². The molecule has 1 saturated carbocycles. The maximum atomic E-state index is 10.5. The molecule has 2 heterocycles. The molecule has 1 aliphatic heterocycles. The van der Waals surface area contributed by atoms with E-state index in [9.17, 15) is 10.1 Å². The average Bonchev–Trinajstić information content (AvgIpc) is 2.45. The summed E-state index contributed by atoms with van der Waals surface area (Å²) in [6.45, 7) is 0.757.